The van der Waals surface area contributed by atoms with Crippen molar-refractivity contribution in [1.29, 1.82) is 0 Å². The summed E-state index contributed by atoms with van der Waals surface area (Å²) >= 11 is 6.13. The summed E-state index contributed by atoms with van der Waals surface area (Å²) in [6.07, 6.45) is 6.82. The summed E-state index contributed by atoms with van der Waals surface area (Å²) in [5, 5.41) is 0. The van der Waals surface area contributed by atoms with E-state index in [2.05, 4.69) is 26.8 Å². The summed E-state index contributed by atoms with van der Waals surface area (Å²) in [5.41, 5.74) is 6.11. The van der Waals surface area contributed by atoms with Crippen molar-refractivity contribution < 1.29 is 14.4 Å². The fraction of sp³-hybridized carbons (Fsp3) is 0.421. The number of likely N-dealkylation sites (N-methyl/N-ethyl adjacent to an activating group) is 1. The number of nitrogens with one attached hydrogen (secondary N) is 2. The molecule has 0 spiro atoms. The summed E-state index contributed by atoms with van der Waals surface area (Å²) in [7, 11) is 1.55. The number of hydrazine groups is 1. The molecule has 0 radical (unpaired) electrons. The van der Waals surface area contributed by atoms with E-state index in [0.717, 1.165) is 29.5 Å². The van der Waals surface area contributed by atoms with Gasteiger partial charge in [0.1, 0.15) is 6.54 Å². The molecule has 3 rings (SSSR count). The van der Waals surface area contributed by atoms with Crippen LogP contribution in [0.4, 0.5) is 0 Å². The summed E-state index contributed by atoms with van der Waals surface area (Å²) in [6.45, 7) is -0.143. The third-order valence-electron chi connectivity index (χ3n) is 4.55. The Morgan fingerprint density at radius 2 is 1.79 bits per heavy atom. The summed E-state index contributed by atoms with van der Waals surface area (Å²) in [4.78, 5) is 40.5. The number of halogens is 1. The second kappa shape index (κ2) is 9.67. The number of aryl methyl sites for hydroxylation is 2. The molecule has 0 bridgehead atoms. The van der Waals surface area contributed by atoms with E-state index in [0.29, 0.717) is 9.75 Å². The van der Waals surface area contributed by atoms with Gasteiger partial charge in [-0.25, -0.2) is 0 Å². The van der Waals surface area contributed by atoms with Gasteiger partial charge in [0.15, 0.2) is 0 Å². The fourth-order valence-electron chi connectivity index (χ4n) is 3.09. The van der Waals surface area contributed by atoms with Crippen molar-refractivity contribution in [2.45, 2.75) is 38.5 Å². The molecule has 1 aliphatic carbocycles. The second-order valence-electron chi connectivity index (χ2n) is 6.74. The number of thiophene rings is 2. The molecule has 150 valence electrons. The number of amides is 3. The third-order valence-corrected chi connectivity index (χ3v) is 7.39. The first-order chi connectivity index (χ1) is 13.4. The first-order valence-electron chi connectivity index (χ1n) is 9.15. The number of carbonyl (C=O) groups is 3. The molecule has 2 heterocycles. The zero-order valence-corrected chi connectivity index (χ0v) is 18.8. The van der Waals surface area contributed by atoms with Crippen molar-refractivity contribution in [2.75, 3.05) is 13.6 Å². The van der Waals surface area contributed by atoms with E-state index < -0.39 is 5.91 Å². The highest BCUT2D eigenvalue weighted by Gasteiger charge is 2.19. The molecule has 0 saturated heterocycles. The van der Waals surface area contributed by atoms with Crippen LogP contribution in [0.25, 0.3) is 0 Å². The van der Waals surface area contributed by atoms with E-state index in [1.807, 2.05) is 6.07 Å². The first kappa shape index (κ1) is 21.0. The lowest BCUT2D eigenvalue weighted by molar-refractivity contribution is -0.122. The highest BCUT2D eigenvalue weighted by Crippen LogP contribution is 2.28. The Morgan fingerprint density at radius 3 is 2.50 bits per heavy atom. The van der Waals surface area contributed by atoms with Crippen LogP contribution < -0.4 is 10.9 Å². The normalized spacial score (nSPS) is 13.8. The van der Waals surface area contributed by atoms with Gasteiger partial charge in [-0.1, -0.05) is 12.8 Å². The topological polar surface area (TPSA) is 78.5 Å². The smallest absolute Gasteiger partial charge is 0.279 e. The van der Waals surface area contributed by atoms with Crippen molar-refractivity contribution in [3.63, 3.8) is 0 Å². The van der Waals surface area contributed by atoms with Gasteiger partial charge in [-0.3, -0.25) is 25.2 Å². The van der Waals surface area contributed by atoms with E-state index >= 15 is 0 Å². The molecular weight excluding hydrogens is 462 g/mol. The van der Waals surface area contributed by atoms with Crippen LogP contribution in [0.5, 0.6) is 0 Å². The lowest BCUT2D eigenvalue weighted by Gasteiger charge is -2.16. The Balaban J connectivity index is 1.50. The molecule has 3 amide bonds. The number of fused-ring (bicyclic) bond motifs is 1. The van der Waals surface area contributed by atoms with Gasteiger partial charge in [-0.15, -0.1) is 22.7 Å². The number of carbonyl (C=O) groups excluding carboxylic acids is 3. The standard InChI is InChI=1S/C19H22BrN3O3S2/c1-23(19(26)14-8-9-16(20)28-14)11-17(24)21-22-18(25)15-10-12-6-4-2-3-5-7-13(12)27-15/h8-10H,2-7,11H2,1H3,(H,21,24)(H,22,25). The van der Waals surface area contributed by atoms with Crippen molar-refractivity contribution in [2.24, 2.45) is 0 Å². The molecule has 0 unspecified atom stereocenters. The molecule has 0 aliphatic heterocycles. The van der Waals surface area contributed by atoms with Crippen LogP contribution in [-0.2, 0) is 17.6 Å². The van der Waals surface area contributed by atoms with Gasteiger partial charge in [-0.2, -0.15) is 0 Å². The van der Waals surface area contributed by atoms with E-state index in [-0.39, 0.29) is 18.4 Å². The molecule has 0 aromatic carbocycles. The molecule has 2 aromatic heterocycles. The minimum Gasteiger partial charge on any atom is -0.332 e. The van der Waals surface area contributed by atoms with E-state index in [1.54, 1.807) is 19.2 Å². The minimum atomic E-state index is -0.449. The highest BCUT2D eigenvalue weighted by atomic mass is 79.9. The first-order valence-corrected chi connectivity index (χ1v) is 11.6. The molecule has 28 heavy (non-hydrogen) atoms. The number of rotatable bonds is 4. The maximum Gasteiger partial charge on any atom is 0.279 e. The van der Waals surface area contributed by atoms with Crippen LogP contribution >= 0.6 is 38.6 Å². The number of nitrogens with zero attached hydrogens (tertiary/aromatic N) is 1. The van der Waals surface area contributed by atoms with Crippen LogP contribution in [0.15, 0.2) is 22.0 Å². The average Bonchev–Trinajstić information content (AvgIpc) is 3.25. The highest BCUT2D eigenvalue weighted by molar-refractivity contribution is 9.11. The van der Waals surface area contributed by atoms with Crippen molar-refractivity contribution in [3.8, 4) is 0 Å². The van der Waals surface area contributed by atoms with Crippen molar-refractivity contribution in [3.05, 3.63) is 42.2 Å². The van der Waals surface area contributed by atoms with Crippen molar-refractivity contribution >= 4 is 56.3 Å². The molecule has 2 aromatic rings. The SMILES string of the molecule is CN(CC(=O)NNC(=O)c1cc2c(s1)CCCCCC2)C(=O)c1ccc(Br)s1. The van der Waals surface area contributed by atoms with Gasteiger partial charge < -0.3 is 4.90 Å². The Labute approximate surface area is 180 Å². The predicted octanol–water partition coefficient (Wildman–Crippen LogP) is 3.76. The number of hydrogen-bond donors (Lipinski definition) is 2. The molecule has 0 saturated carbocycles. The fourth-order valence-corrected chi connectivity index (χ4v) is 5.62. The van der Waals surface area contributed by atoms with Crippen LogP contribution in [0.3, 0.4) is 0 Å². The average molecular weight is 484 g/mol. The molecule has 0 fully saturated rings. The van der Waals surface area contributed by atoms with Gasteiger partial charge in [0.05, 0.1) is 13.5 Å². The predicted molar refractivity (Wildman–Crippen MR) is 115 cm³/mol. The van der Waals surface area contributed by atoms with Crippen LogP contribution in [0.1, 0.15) is 55.5 Å². The molecule has 6 nitrogen and oxygen atoms in total. The van der Waals surface area contributed by atoms with Crippen LogP contribution in [0, 0.1) is 0 Å². The van der Waals surface area contributed by atoms with Gasteiger partial charge >= 0.3 is 0 Å². The van der Waals surface area contributed by atoms with E-state index in [1.165, 1.54) is 50.9 Å². The van der Waals surface area contributed by atoms with Gasteiger partial charge in [-0.05, 0) is 65.4 Å². The largest absolute Gasteiger partial charge is 0.332 e. The second-order valence-corrected chi connectivity index (χ2v) is 10.3. The Bertz CT molecular complexity index is 852. The Kier molecular flexibility index (Phi) is 7.25. The summed E-state index contributed by atoms with van der Waals surface area (Å²) in [5.74, 6) is -1.01. The Hall–Kier alpha value is -1.71. The number of hydrogen-bond acceptors (Lipinski definition) is 5. The monoisotopic (exact) mass is 483 g/mol. The van der Waals surface area contributed by atoms with Crippen molar-refractivity contribution in [1.82, 2.24) is 15.8 Å². The lowest BCUT2D eigenvalue weighted by Crippen LogP contribution is -2.46. The molecule has 9 heteroatoms. The van der Waals surface area contributed by atoms with Gasteiger partial charge in [0.2, 0.25) is 0 Å². The molecule has 2 N–H and O–H groups in total. The van der Waals surface area contributed by atoms with Gasteiger partial charge in [0.25, 0.3) is 17.7 Å². The zero-order chi connectivity index (χ0) is 20.1. The van der Waals surface area contributed by atoms with E-state index in [4.69, 9.17) is 0 Å². The molecule has 0 atom stereocenters. The summed E-state index contributed by atoms with van der Waals surface area (Å²) in [6, 6.07) is 5.43. The zero-order valence-electron chi connectivity index (χ0n) is 15.5. The van der Waals surface area contributed by atoms with E-state index in [9.17, 15) is 14.4 Å². The summed E-state index contributed by atoms with van der Waals surface area (Å²) < 4.78 is 0.853. The maximum atomic E-state index is 12.4. The maximum absolute atomic E-state index is 12.4. The van der Waals surface area contributed by atoms with Crippen LogP contribution in [0.2, 0.25) is 0 Å². The lowest BCUT2D eigenvalue weighted by atomic mass is 10.00. The molecule has 1 aliphatic rings. The minimum absolute atomic E-state index is 0.143. The van der Waals surface area contributed by atoms with Crippen LogP contribution in [-0.4, -0.2) is 36.2 Å². The van der Waals surface area contributed by atoms with Gasteiger partial charge in [0, 0.05) is 11.9 Å². The molecular formula is C19H22BrN3O3S2. The third kappa shape index (κ3) is 5.42. The quantitative estimate of drug-likeness (QED) is 0.649. The Morgan fingerprint density at radius 1 is 1.04 bits per heavy atom.